The monoisotopic (exact) mass is 335 g/mol. The van der Waals surface area contributed by atoms with E-state index in [4.69, 9.17) is 9.47 Å². The second-order valence-corrected chi connectivity index (χ2v) is 6.42. The van der Waals surface area contributed by atoms with E-state index >= 15 is 0 Å². The van der Waals surface area contributed by atoms with Gasteiger partial charge in [-0.3, -0.25) is 0 Å². The molecule has 1 N–H and O–H groups in total. The molecule has 0 bridgehead atoms. The van der Waals surface area contributed by atoms with Crippen molar-refractivity contribution in [2.45, 2.75) is 25.3 Å². The minimum absolute atomic E-state index is 0.0395. The maximum atomic E-state index is 5.45. The summed E-state index contributed by atoms with van der Waals surface area (Å²) in [5.74, 6) is 2.91. The molecule has 0 atom stereocenters. The molecule has 0 aliphatic heterocycles. The van der Waals surface area contributed by atoms with Crippen molar-refractivity contribution in [3.05, 3.63) is 53.9 Å². The maximum Gasteiger partial charge on any atom is 0.162 e. The number of hydrogen-bond acceptors (Lipinski definition) is 5. The van der Waals surface area contributed by atoms with Gasteiger partial charge < -0.3 is 14.8 Å². The largest absolute Gasteiger partial charge is 0.493 e. The van der Waals surface area contributed by atoms with Crippen LogP contribution < -0.4 is 14.8 Å². The van der Waals surface area contributed by atoms with E-state index in [9.17, 15) is 0 Å². The Morgan fingerprint density at radius 3 is 2.28 bits per heavy atom. The Balaban J connectivity index is 1.82. The lowest BCUT2D eigenvalue weighted by Gasteiger charge is -2.20. The van der Waals surface area contributed by atoms with Gasteiger partial charge in [-0.25, -0.2) is 9.97 Å². The minimum atomic E-state index is -0.0395. The van der Waals surface area contributed by atoms with Crippen LogP contribution in [0.5, 0.6) is 11.5 Å². The molecule has 4 rings (SSSR count). The zero-order valence-corrected chi connectivity index (χ0v) is 14.7. The molecule has 0 radical (unpaired) electrons. The third-order valence-corrected chi connectivity index (χ3v) is 4.75. The van der Waals surface area contributed by atoms with Crippen molar-refractivity contribution < 1.29 is 9.47 Å². The standard InChI is InChI=1S/C20H21N3O2/c1-13-21-16-12-18(25-3)17(24-2)11-15(16)19(22-13)23-20(9-10-20)14-7-5-4-6-8-14/h4-8,11-12H,9-10H2,1-3H3,(H,21,22,23). The summed E-state index contributed by atoms with van der Waals surface area (Å²) in [4.78, 5) is 9.22. The number of aryl methyl sites for hydroxylation is 1. The van der Waals surface area contributed by atoms with E-state index in [1.807, 2.05) is 25.1 Å². The van der Waals surface area contributed by atoms with Gasteiger partial charge in [0, 0.05) is 11.5 Å². The maximum absolute atomic E-state index is 5.45. The SMILES string of the molecule is COc1cc2nc(C)nc(NC3(c4ccccc4)CC3)c2cc1OC. The zero-order valence-electron chi connectivity index (χ0n) is 14.7. The van der Waals surface area contributed by atoms with Crippen LogP contribution in [-0.2, 0) is 5.54 Å². The first-order chi connectivity index (χ1) is 12.1. The molecule has 5 nitrogen and oxygen atoms in total. The van der Waals surface area contributed by atoms with Gasteiger partial charge in [0.2, 0.25) is 0 Å². The first-order valence-corrected chi connectivity index (χ1v) is 8.39. The first-order valence-electron chi connectivity index (χ1n) is 8.39. The number of methoxy groups -OCH3 is 2. The van der Waals surface area contributed by atoms with Crippen LogP contribution in [0.4, 0.5) is 5.82 Å². The fraction of sp³-hybridized carbons (Fsp3) is 0.300. The fourth-order valence-electron chi connectivity index (χ4n) is 3.26. The van der Waals surface area contributed by atoms with Gasteiger partial charge in [0.05, 0.1) is 25.3 Å². The third kappa shape index (κ3) is 2.76. The molecule has 25 heavy (non-hydrogen) atoms. The molecule has 1 aromatic heterocycles. The quantitative estimate of drug-likeness (QED) is 0.762. The van der Waals surface area contributed by atoms with E-state index in [0.717, 1.165) is 35.4 Å². The van der Waals surface area contributed by atoms with E-state index < -0.39 is 0 Å². The van der Waals surface area contributed by atoms with Gasteiger partial charge in [0.15, 0.2) is 11.5 Å². The Kier molecular flexibility index (Phi) is 3.71. The van der Waals surface area contributed by atoms with Crippen molar-refractivity contribution in [3.8, 4) is 11.5 Å². The van der Waals surface area contributed by atoms with Crippen LogP contribution in [0.25, 0.3) is 10.9 Å². The van der Waals surface area contributed by atoms with Crippen LogP contribution in [0.1, 0.15) is 24.2 Å². The van der Waals surface area contributed by atoms with Crippen molar-refractivity contribution in [2.24, 2.45) is 0 Å². The molecule has 1 saturated carbocycles. The number of anilines is 1. The average molecular weight is 335 g/mol. The number of nitrogens with zero attached hydrogens (tertiary/aromatic N) is 2. The summed E-state index contributed by atoms with van der Waals surface area (Å²) in [7, 11) is 3.27. The van der Waals surface area contributed by atoms with E-state index in [-0.39, 0.29) is 5.54 Å². The molecule has 0 amide bonds. The predicted molar refractivity (Wildman–Crippen MR) is 98.4 cm³/mol. The van der Waals surface area contributed by atoms with Gasteiger partial charge in [0.1, 0.15) is 11.6 Å². The summed E-state index contributed by atoms with van der Waals surface area (Å²) in [5, 5.41) is 4.61. The first kappa shape index (κ1) is 15.7. The van der Waals surface area contributed by atoms with Gasteiger partial charge in [-0.05, 0) is 31.4 Å². The van der Waals surface area contributed by atoms with Crippen LogP contribution in [0.2, 0.25) is 0 Å². The molecule has 0 saturated heterocycles. The number of fused-ring (bicyclic) bond motifs is 1. The lowest BCUT2D eigenvalue weighted by Crippen LogP contribution is -2.20. The molecule has 0 unspecified atom stereocenters. The predicted octanol–water partition coefficient (Wildman–Crippen LogP) is 4.06. The number of rotatable bonds is 5. The van der Waals surface area contributed by atoms with Crippen LogP contribution in [0, 0.1) is 6.92 Å². The van der Waals surface area contributed by atoms with E-state index in [1.165, 1.54) is 5.56 Å². The van der Waals surface area contributed by atoms with Crippen molar-refractivity contribution in [3.63, 3.8) is 0 Å². The highest BCUT2D eigenvalue weighted by atomic mass is 16.5. The number of nitrogens with one attached hydrogen (secondary N) is 1. The molecule has 1 fully saturated rings. The van der Waals surface area contributed by atoms with Crippen LogP contribution >= 0.6 is 0 Å². The number of ether oxygens (including phenoxy) is 2. The number of aromatic nitrogens is 2. The molecule has 0 spiro atoms. The van der Waals surface area contributed by atoms with Crippen molar-refractivity contribution in [1.82, 2.24) is 9.97 Å². The molecular formula is C20H21N3O2. The molecular weight excluding hydrogens is 314 g/mol. The van der Waals surface area contributed by atoms with Crippen LogP contribution in [-0.4, -0.2) is 24.2 Å². The smallest absolute Gasteiger partial charge is 0.162 e. The highest BCUT2D eigenvalue weighted by Gasteiger charge is 2.44. The molecule has 128 valence electrons. The molecule has 3 aromatic rings. The van der Waals surface area contributed by atoms with Crippen molar-refractivity contribution >= 4 is 16.7 Å². The van der Waals surface area contributed by atoms with Crippen LogP contribution in [0.3, 0.4) is 0 Å². The molecule has 2 aromatic carbocycles. The summed E-state index contributed by atoms with van der Waals surface area (Å²) in [5.41, 5.74) is 2.10. The summed E-state index contributed by atoms with van der Waals surface area (Å²) in [6.07, 6.45) is 2.18. The Morgan fingerprint density at radius 1 is 0.960 bits per heavy atom. The Bertz CT molecular complexity index is 921. The summed E-state index contributed by atoms with van der Waals surface area (Å²) >= 11 is 0. The molecule has 1 heterocycles. The highest BCUT2D eigenvalue weighted by Crippen LogP contribution is 2.49. The van der Waals surface area contributed by atoms with Crippen molar-refractivity contribution in [1.29, 1.82) is 0 Å². The fourth-order valence-corrected chi connectivity index (χ4v) is 3.26. The second kappa shape index (κ2) is 5.92. The zero-order chi connectivity index (χ0) is 17.4. The number of benzene rings is 2. The lowest BCUT2D eigenvalue weighted by molar-refractivity contribution is 0.356. The van der Waals surface area contributed by atoms with Gasteiger partial charge in [0.25, 0.3) is 0 Å². The molecule has 1 aliphatic rings. The Morgan fingerprint density at radius 2 is 1.64 bits per heavy atom. The summed E-state index contributed by atoms with van der Waals surface area (Å²) in [6.45, 7) is 1.91. The van der Waals surface area contributed by atoms with Gasteiger partial charge >= 0.3 is 0 Å². The van der Waals surface area contributed by atoms with Crippen molar-refractivity contribution in [2.75, 3.05) is 19.5 Å². The van der Waals surface area contributed by atoms with Gasteiger partial charge in [-0.15, -0.1) is 0 Å². The van der Waals surface area contributed by atoms with Gasteiger partial charge in [-0.2, -0.15) is 0 Å². The summed E-state index contributed by atoms with van der Waals surface area (Å²) < 4.78 is 10.9. The topological polar surface area (TPSA) is 56.3 Å². The minimum Gasteiger partial charge on any atom is -0.493 e. The second-order valence-electron chi connectivity index (χ2n) is 6.42. The molecule has 1 aliphatic carbocycles. The third-order valence-electron chi connectivity index (χ3n) is 4.75. The molecule has 5 heteroatoms. The lowest BCUT2D eigenvalue weighted by atomic mass is 10.0. The van der Waals surface area contributed by atoms with Crippen LogP contribution in [0.15, 0.2) is 42.5 Å². The average Bonchev–Trinajstić information content (AvgIpc) is 3.42. The number of hydrogen-bond donors (Lipinski definition) is 1. The van der Waals surface area contributed by atoms with Gasteiger partial charge in [-0.1, -0.05) is 30.3 Å². The van der Waals surface area contributed by atoms with E-state index in [2.05, 4.69) is 39.6 Å². The van der Waals surface area contributed by atoms with E-state index in [1.54, 1.807) is 14.2 Å². The normalized spacial score (nSPS) is 15.0. The Labute approximate surface area is 147 Å². The Hall–Kier alpha value is -2.82. The summed E-state index contributed by atoms with van der Waals surface area (Å²) in [6, 6.07) is 14.4. The highest BCUT2D eigenvalue weighted by molar-refractivity contribution is 5.92. The van der Waals surface area contributed by atoms with E-state index in [0.29, 0.717) is 11.5 Å².